The molecule has 15 heavy (non-hydrogen) atoms. The summed E-state index contributed by atoms with van der Waals surface area (Å²) in [6.45, 7) is 1.71. The van der Waals surface area contributed by atoms with Crippen molar-refractivity contribution in [3.8, 4) is 0 Å². The van der Waals surface area contributed by atoms with Gasteiger partial charge in [0, 0.05) is 19.7 Å². The first kappa shape index (κ1) is 12.2. The highest BCUT2D eigenvalue weighted by Crippen LogP contribution is 2.15. The van der Waals surface area contributed by atoms with Gasteiger partial charge >= 0.3 is 0 Å². The Morgan fingerprint density at radius 3 is 3.00 bits per heavy atom. The molecule has 0 spiro atoms. The van der Waals surface area contributed by atoms with E-state index in [1.807, 2.05) is 0 Å². The second-order valence-corrected chi connectivity index (χ2v) is 3.86. The van der Waals surface area contributed by atoms with E-state index >= 15 is 0 Å². The normalized spacial score (nSPS) is 20.8. The van der Waals surface area contributed by atoms with Gasteiger partial charge in [-0.05, 0) is 19.3 Å². The summed E-state index contributed by atoms with van der Waals surface area (Å²) >= 11 is 0. The quantitative estimate of drug-likeness (QED) is 0.653. The Bertz CT molecular complexity index is 229. The molecular formula is C11H20N2O2. The Hall–Kier alpha value is -0.870. The van der Waals surface area contributed by atoms with Crippen LogP contribution in [0.2, 0.25) is 0 Å². The van der Waals surface area contributed by atoms with Crippen LogP contribution in [0, 0.1) is 0 Å². The highest BCUT2D eigenvalue weighted by atomic mass is 16.5. The van der Waals surface area contributed by atoms with Crippen LogP contribution in [-0.4, -0.2) is 43.7 Å². The van der Waals surface area contributed by atoms with Gasteiger partial charge in [-0.1, -0.05) is 12.2 Å². The van der Waals surface area contributed by atoms with Gasteiger partial charge in [-0.15, -0.1) is 0 Å². The first-order valence-electron chi connectivity index (χ1n) is 5.42. The molecule has 0 saturated heterocycles. The van der Waals surface area contributed by atoms with Crippen LogP contribution in [0.15, 0.2) is 12.2 Å². The molecule has 0 aromatic carbocycles. The Morgan fingerprint density at radius 1 is 1.67 bits per heavy atom. The lowest BCUT2D eigenvalue weighted by molar-refractivity contribution is -0.119. The zero-order valence-electron chi connectivity index (χ0n) is 9.32. The average Bonchev–Trinajstić information content (AvgIpc) is 2.25. The molecule has 0 aliphatic heterocycles. The van der Waals surface area contributed by atoms with Crippen molar-refractivity contribution in [3.05, 3.63) is 12.2 Å². The van der Waals surface area contributed by atoms with E-state index in [-0.39, 0.29) is 5.91 Å². The Kier molecular flexibility index (Phi) is 5.36. The Morgan fingerprint density at radius 2 is 2.47 bits per heavy atom. The number of amides is 1. The molecule has 0 fully saturated rings. The predicted molar refractivity (Wildman–Crippen MR) is 59.4 cm³/mol. The summed E-state index contributed by atoms with van der Waals surface area (Å²) in [4.78, 5) is 13.0. The van der Waals surface area contributed by atoms with Gasteiger partial charge in [0.2, 0.25) is 5.91 Å². The third kappa shape index (κ3) is 4.44. The molecule has 0 radical (unpaired) electrons. The number of carbonyl (C=O) groups is 1. The van der Waals surface area contributed by atoms with Gasteiger partial charge in [0.05, 0.1) is 13.2 Å². The van der Waals surface area contributed by atoms with E-state index in [0.29, 0.717) is 19.2 Å². The van der Waals surface area contributed by atoms with E-state index in [1.165, 1.54) is 6.42 Å². The molecule has 4 nitrogen and oxygen atoms in total. The number of allylic oxidation sites excluding steroid dienone is 1. The molecule has 0 heterocycles. The lowest BCUT2D eigenvalue weighted by Crippen LogP contribution is -2.42. The third-order valence-corrected chi connectivity index (χ3v) is 2.64. The number of ether oxygens (including phenoxy) is 1. The molecule has 1 amide bonds. The maximum Gasteiger partial charge on any atom is 0.231 e. The minimum atomic E-state index is -0.273. The first-order valence-corrected chi connectivity index (χ1v) is 5.42. The molecule has 0 aromatic rings. The Balaban J connectivity index is 2.49. The number of primary amides is 1. The number of rotatable bonds is 6. The third-order valence-electron chi connectivity index (χ3n) is 2.64. The lowest BCUT2D eigenvalue weighted by atomic mass is 10.0. The number of nitrogens with two attached hydrogens (primary N) is 1. The highest BCUT2D eigenvalue weighted by Gasteiger charge is 2.18. The van der Waals surface area contributed by atoms with E-state index in [1.54, 1.807) is 7.11 Å². The standard InChI is InChI=1S/C11H20N2O2/c1-15-8-7-13(9-11(12)14)10-5-3-2-4-6-10/h3,5,10H,2,4,6-9H2,1H3,(H2,12,14)/t10-/m1/s1. The van der Waals surface area contributed by atoms with Crippen molar-refractivity contribution in [1.82, 2.24) is 4.90 Å². The van der Waals surface area contributed by atoms with Crippen molar-refractivity contribution in [2.45, 2.75) is 25.3 Å². The molecular weight excluding hydrogens is 192 g/mol. The van der Waals surface area contributed by atoms with E-state index in [4.69, 9.17) is 10.5 Å². The zero-order chi connectivity index (χ0) is 11.1. The maximum absolute atomic E-state index is 10.9. The smallest absolute Gasteiger partial charge is 0.231 e. The minimum absolute atomic E-state index is 0.273. The van der Waals surface area contributed by atoms with Crippen LogP contribution in [0.25, 0.3) is 0 Å². The molecule has 1 atom stereocenters. The maximum atomic E-state index is 10.9. The average molecular weight is 212 g/mol. The van der Waals surface area contributed by atoms with Gasteiger partial charge < -0.3 is 10.5 Å². The molecule has 86 valence electrons. The lowest BCUT2D eigenvalue weighted by Gasteiger charge is -2.30. The van der Waals surface area contributed by atoms with Crippen molar-refractivity contribution in [3.63, 3.8) is 0 Å². The topological polar surface area (TPSA) is 55.6 Å². The minimum Gasteiger partial charge on any atom is -0.383 e. The fourth-order valence-corrected chi connectivity index (χ4v) is 1.87. The van der Waals surface area contributed by atoms with Crippen LogP contribution < -0.4 is 5.73 Å². The summed E-state index contributed by atoms with van der Waals surface area (Å²) in [5, 5.41) is 0. The molecule has 0 aromatic heterocycles. The zero-order valence-corrected chi connectivity index (χ0v) is 9.32. The van der Waals surface area contributed by atoms with Gasteiger partial charge in [-0.3, -0.25) is 9.69 Å². The fraction of sp³-hybridized carbons (Fsp3) is 0.727. The van der Waals surface area contributed by atoms with Gasteiger partial charge in [0.1, 0.15) is 0 Å². The van der Waals surface area contributed by atoms with Crippen LogP contribution in [0.4, 0.5) is 0 Å². The second kappa shape index (κ2) is 6.58. The van der Waals surface area contributed by atoms with E-state index in [9.17, 15) is 4.79 Å². The number of hydrogen-bond acceptors (Lipinski definition) is 3. The van der Waals surface area contributed by atoms with Gasteiger partial charge in [0.15, 0.2) is 0 Å². The summed E-state index contributed by atoms with van der Waals surface area (Å²) in [7, 11) is 1.67. The molecule has 0 bridgehead atoms. The molecule has 0 unspecified atom stereocenters. The molecule has 2 N–H and O–H groups in total. The SMILES string of the molecule is COCCN(CC(N)=O)[C@@H]1C=CCCC1. The summed E-state index contributed by atoms with van der Waals surface area (Å²) in [5.74, 6) is -0.273. The highest BCUT2D eigenvalue weighted by molar-refractivity contribution is 5.76. The summed E-state index contributed by atoms with van der Waals surface area (Å²) in [6.07, 6.45) is 7.78. The molecule has 0 saturated carbocycles. The summed E-state index contributed by atoms with van der Waals surface area (Å²) < 4.78 is 5.03. The summed E-state index contributed by atoms with van der Waals surface area (Å²) in [5.41, 5.74) is 5.23. The van der Waals surface area contributed by atoms with E-state index in [2.05, 4.69) is 17.1 Å². The van der Waals surface area contributed by atoms with Crippen molar-refractivity contribution in [2.75, 3.05) is 26.8 Å². The van der Waals surface area contributed by atoms with Crippen molar-refractivity contribution >= 4 is 5.91 Å². The molecule has 1 aliphatic carbocycles. The molecule has 1 aliphatic rings. The van der Waals surface area contributed by atoms with Crippen molar-refractivity contribution < 1.29 is 9.53 Å². The monoisotopic (exact) mass is 212 g/mol. The predicted octanol–water partition coefficient (Wildman–Crippen LogP) is 0.529. The van der Waals surface area contributed by atoms with Crippen molar-refractivity contribution in [2.24, 2.45) is 5.73 Å². The van der Waals surface area contributed by atoms with E-state index in [0.717, 1.165) is 19.4 Å². The Labute approximate surface area is 91.1 Å². The van der Waals surface area contributed by atoms with Crippen LogP contribution in [0.3, 0.4) is 0 Å². The van der Waals surface area contributed by atoms with Crippen molar-refractivity contribution in [1.29, 1.82) is 0 Å². The van der Waals surface area contributed by atoms with Gasteiger partial charge in [0.25, 0.3) is 0 Å². The van der Waals surface area contributed by atoms with Gasteiger partial charge in [-0.25, -0.2) is 0 Å². The van der Waals surface area contributed by atoms with E-state index < -0.39 is 0 Å². The largest absolute Gasteiger partial charge is 0.383 e. The molecule has 4 heteroatoms. The number of carbonyl (C=O) groups excluding carboxylic acids is 1. The second-order valence-electron chi connectivity index (χ2n) is 3.86. The molecule has 1 rings (SSSR count). The summed E-state index contributed by atoms with van der Waals surface area (Å²) in [6, 6.07) is 0.349. The fourth-order valence-electron chi connectivity index (χ4n) is 1.87. The first-order chi connectivity index (χ1) is 7.24. The number of nitrogens with zero attached hydrogens (tertiary/aromatic N) is 1. The van der Waals surface area contributed by atoms with Crippen LogP contribution in [0.5, 0.6) is 0 Å². The van der Waals surface area contributed by atoms with Gasteiger partial charge in [-0.2, -0.15) is 0 Å². The van der Waals surface area contributed by atoms with Crippen LogP contribution >= 0.6 is 0 Å². The number of hydrogen-bond donors (Lipinski definition) is 1. The number of methoxy groups -OCH3 is 1. The van der Waals surface area contributed by atoms with Crippen LogP contribution in [0.1, 0.15) is 19.3 Å². The van der Waals surface area contributed by atoms with Crippen LogP contribution in [-0.2, 0) is 9.53 Å².